The van der Waals surface area contributed by atoms with Gasteiger partial charge in [0.05, 0.1) is 36.0 Å². The van der Waals surface area contributed by atoms with Gasteiger partial charge in [0, 0.05) is 7.05 Å². The van der Waals surface area contributed by atoms with Crippen molar-refractivity contribution in [3.05, 3.63) is 23.7 Å². The van der Waals surface area contributed by atoms with Crippen molar-refractivity contribution in [1.29, 1.82) is 0 Å². The molecule has 1 saturated heterocycles. The van der Waals surface area contributed by atoms with E-state index in [2.05, 4.69) is 4.98 Å². The Hall–Kier alpha value is -1.11. The maximum atomic E-state index is 9.56. The highest BCUT2D eigenvalue weighted by Crippen LogP contribution is 2.38. The minimum absolute atomic E-state index is 0.109. The minimum atomic E-state index is -0.523. The summed E-state index contributed by atoms with van der Waals surface area (Å²) in [4.78, 5) is 4.05. The zero-order chi connectivity index (χ0) is 14.3. The van der Waals surface area contributed by atoms with Crippen LogP contribution in [0.1, 0.15) is 33.4 Å². The van der Waals surface area contributed by atoms with Gasteiger partial charge in [0.15, 0.2) is 0 Å². The van der Waals surface area contributed by atoms with E-state index in [9.17, 15) is 5.11 Å². The topological polar surface area (TPSA) is 56.5 Å². The summed E-state index contributed by atoms with van der Waals surface area (Å²) in [6.07, 6.45) is 5.31. The van der Waals surface area contributed by atoms with Crippen LogP contribution in [0.3, 0.4) is 0 Å². The number of aromatic nitrogens is 2. The van der Waals surface area contributed by atoms with E-state index < -0.39 is 18.3 Å². The van der Waals surface area contributed by atoms with Gasteiger partial charge in [-0.05, 0) is 39.2 Å². The highest BCUT2D eigenvalue weighted by molar-refractivity contribution is 6.55. The second kappa shape index (κ2) is 4.78. The maximum absolute atomic E-state index is 9.56. The third-order valence-corrected chi connectivity index (χ3v) is 3.93. The summed E-state index contributed by atoms with van der Waals surface area (Å²) >= 11 is 0. The fourth-order valence-electron chi connectivity index (χ4n) is 1.88. The van der Waals surface area contributed by atoms with Crippen LogP contribution in [-0.4, -0.2) is 39.6 Å². The summed E-state index contributed by atoms with van der Waals surface area (Å²) in [6.45, 7) is 7.86. The van der Waals surface area contributed by atoms with Crippen LogP contribution < -0.4 is 0 Å². The first kappa shape index (κ1) is 14.3. The second-order valence-corrected chi connectivity index (χ2v) is 5.90. The van der Waals surface area contributed by atoms with Crippen molar-refractivity contribution in [1.82, 2.24) is 9.55 Å². The lowest BCUT2D eigenvalue weighted by Crippen LogP contribution is -2.41. The second-order valence-electron chi connectivity index (χ2n) is 5.90. The third kappa shape index (κ3) is 2.61. The first-order valence-corrected chi connectivity index (χ1v) is 6.40. The molecular formula is C13H21BN2O3. The molecule has 104 valence electrons. The smallest absolute Gasteiger partial charge is 0.400 e. The molecule has 0 radical (unpaired) electrons. The Labute approximate surface area is 114 Å². The lowest BCUT2D eigenvalue weighted by Gasteiger charge is -2.32. The Morgan fingerprint density at radius 3 is 2.37 bits per heavy atom. The molecule has 1 aliphatic heterocycles. The van der Waals surface area contributed by atoms with E-state index >= 15 is 0 Å². The molecule has 0 bridgehead atoms. The van der Waals surface area contributed by atoms with E-state index in [0.717, 1.165) is 5.69 Å². The molecule has 0 amide bonds. The van der Waals surface area contributed by atoms with Gasteiger partial charge in [-0.2, -0.15) is 0 Å². The number of rotatable bonds is 3. The third-order valence-electron chi connectivity index (χ3n) is 3.93. The Morgan fingerprint density at radius 2 is 1.95 bits per heavy atom. The van der Waals surface area contributed by atoms with Crippen LogP contribution in [0.2, 0.25) is 0 Å². The first-order valence-electron chi connectivity index (χ1n) is 6.40. The predicted molar refractivity (Wildman–Crippen MR) is 74.4 cm³/mol. The van der Waals surface area contributed by atoms with Crippen molar-refractivity contribution in [2.75, 3.05) is 6.61 Å². The zero-order valence-corrected chi connectivity index (χ0v) is 12.2. The number of hydrogen-bond acceptors (Lipinski definition) is 4. The molecule has 0 unspecified atom stereocenters. The van der Waals surface area contributed by atoms with Gasteiger partial charge in [-0.1, -0.05) is 0 Å². The van der Waals surface area contributed by atoms with Gasteiger partial charge in [-0.3, -0.25) is 0 Å². The van der Waals surface area contributed by atoms with Crippen molar-refractivity contribution >= 4 is 13.2 Å². The van der Waals surface area contributed by atoms with Crippen molar-refractivity contribution < 1.29 is 14.4 Å². The summed E-state index contributed by atoms with van der Waals surface area (Å²) in [7, 11) is 1.38. The molecule has 6 heteroatoms. The van der Waals surface area contributed by atoms with Crippen LogP contribution in [0, 0.1) is 0 Å². The zero-order valence-electron chi connectivity index (χ0n) is 12.2. The van der Waals surface area contributed by atoms with Crippen molar-refractivity contribution in [3.8, 4) is 0 Å². The van der Waals surface area contributed by atoms with Crippen LogP contribution in [0.5, 0.6) is 0 Å². The Kier molecular flexibility index (Phi) is 3.60. The molecule has 1 N–H and O–H groups in total. The fourth-order valence-corrected chi connectivity index (χ4v) is 1.88. The highest BCUT2D eigenvalue weighted by Gasteiger charge is 2.52. The summed E-state index contributed by atoms with van der Waals surface area (Å²) in [6, 6.07) is 0. The molecule has 0 saturated carbocycles. The molecule has 5 nitrogen and oxygen atoms in total. The average molecular weight is 264 g/mol. The van der Waals surface area contributed by atoms with E-state index in [1.54, 1.807) is 12.5 Å². The number of aliphatic hydroxyl groups excluding tert-OH is 1. The maximum Gasteiger partial charge on any atom is 0.492 e. The van der Waals surface area contributed by atoms with Gasteiger partial charge in [0.1, 0.15) is 0 Å². The molecule has 0 aliphatic carbocycles. The van der Waals surface area contributed by atoms with Gasteiger partial charge >= 0.3 is 7.12 Å². The van der Waals surface area contributed by atoms with E-state index in [4.69, 9.17) is 9.31 Å². The summed E-state index contributed by atoms with van der Waals surface area (Å²) in [5.41, 5.74) is 0.789. The number of hydrogen-bond donors (Lipinski definition) is 1. The molecule has 1 aliphatic rings. The number of nitrogens with zero attached hydrogens (tertiary/aromatic N) is 2. The van der Waals surface area contributed by atoms with E-state index in [1.807, 2.05) is 45.4 Å². The van der Waals surface area contributed by atoms with Crippen molar-refractivity contribution in [2.45, 2.75) is 38.9 Å². The summed E-state index contributed by atoms with van der Waals surface area (Å²) in [5.74, 6) is 0. The lowest BCUT2D eigenvalue weighted by atomic mass is 9.78. The van der Waals surface area contributed by atoms with Crippen LogP contribution in [-0.2, 0) is 16.4 Å². The molecule has 2 heterocycles. The summed E-state index contributed by atoms with van der Waals surface area (Å²) < 4.78 is 13.7. The number of imidazole rings is 1. The Bertz CT molecular complexity index is 478. The molecule has 0 spiro atoms. The molecule has 1 fully saturated rings. The van der Waals surface area contributed by atoms with Crippen LogP contribution >= 0.6 is 0 Å². The molecule has 1 aromatic rings. The SMILES string of the molecule is Cn1cncc1C=C(CO)B1OC(C)(C)C(C)(C)O1. The fraction of sp³-hybridized carbons (Fsp3) is 0.615. The number of aryl methyl sites for hydroxylation is 1. The largest absolute Gasteiger partial charge is 0.492 e. The van der Waals surface area contributed by atoms with E-state index in [0.29, 0.717) is 5.47 Å². The first-order chi connectivity index (χ1) is 8.77. The average Bonchev–Trinajstić information content (AvgIpc) is 2.78. The molecule has 1 aromatic heterocycles. The standard InChI is InChI=1S/C13H21BN2O3/c1-12(2)13(3,4)19-14(18-12)10(8-17)6-11-7-15-9-16(11)5/h6-7,9,17H,8H2,1-5H3. The molecule has 19 heavy (non-hydrogen) atoms. The van der Waals surface area contributed by atoms with Gasteiger partial charge in [0.25, 0.3) is 0 Å². The van der Waals surface area contributed by atoms with Crippen molar-refractivity contribution in [3.63, 3.8) is 0 Å². The molecule has 2 rings (SSSR count). The predicted octanol–water partition coefficient (Wildman–Crippen LogP) is 1.43. The number of aliphatic hydroxyl groups is 1. The van der Waals surface area contributed by atoms with Crippen LogP contribution in [0.4, 0.5) is 0 Å². The highest BCUT2D eigenvalue weighted by atomic mass is 16.7. The molecule has 0 atom stereocenters. The van der Waals surface area contributed by atoms with Crippen molar-refractivity contribution in [2.24, 2.45) is 7.05 Å². The van der Waals surface area contributed by atoms with Crippen LogP contribution in [0.25, 0.3) is 6.08 Å². The molecular weight excluding hydrogens is 243 g/mol. The Morgan fingerprint density at radius 1 is 1.37 bits per heavy atom. The van der Waals surface area contributed by atoms with E-state index in [1.165, 1.54) is 0 Å². The quantitative estimate of drug-likeness (QED) is 0.839. The molecule has 0 aromatic carbocycles. The Balaban J connectivity index is 2.26. The van der Waals surface area contributed by atoms with E-state index in [-0.39, 0.29) is 6.61 Å². The summed E-state index contributed by atoms with van der Waals surface area (Å²) in [5, 5.41) is 9.56. The van der Waals surface area contributed by atoms with Gasteiger partial charge < -0.3 is 19.0 Å². The van der Waals surface area contributed by atoms with Gasteiger partial charge in [-0.25, -0.2) is 4.98 Å². The minimum Gasteiger partial charge on any atom is -0.400 e. The normalized spacial score (nSPS) is 22.0. The van der Waals surface area contributed by atoms with Gasteiger partial charge in [-0.15, -0.1) is 0 Å². The van der Waals surface area contributed by atoms with Gasteiger partial charge in [0.2, 0.25) is 0 Å². The van der Waals surface area contributed by atoms with Crippen LogP contribution in [0.15, 0.2) is 18.0 Å². The monoisotopic (exact) mass is 264 g/mol. The lowest BCUT2D eigenvalue weighted by molar-refractivity contribution is 0.00578.